The third-order valence-corrected chi connectivity index (χ3v) is 6.60. The fraction of sp³-hybridized carbons (Fsp3) is 0.368. The van der Waals surface area contributed by atoms with Crippen LogP contribution >= 0.6 is 0 Å². The van der Waals surface area contributed by atoms with Crippen molar-refractivity contribution in [2.45, 2.75) is 17.5 Å². The lowest BCUT2D eigenvalue weighted by Gasteiger charge is -2.20. The summed E-state index contributed by atoms with van der Waals surface area (Å²) in [6.45, 7) is 1.45. The molecule has 30 heavy (non-hydrogen) atoms. The van der Waals surface area contributed by atoms with Gasteiger partial charge in [-0.1, -0.05) is 0 Å². The van der Waals surface area contributed by atoms with Crippen LogP contribution in [0.5, 0.6) is 11.6 Å². The SMILES string of the molecule is CN(CC1CCN(C#N)C1)S(=O)(=O)c1ccc(Oc2ccc(C(F)(F)F)cn2)cc1. The zero-order valence-electron chi connectivity index (χ0n) is 16.0. The number of aromatic nitrogens is 1. The summed E-state index contributed by atoms with van der Waals surface area (Å²) in [6, 6.07) is 7.49. The highest BCUT2D eigenvalue weighted by Crippen LogP contribution is 2.30. The zero-order chi connectivity index (χ0) is 21.9. The molecule has 7 nitrogen and oxygen atoms in total. The number of hydrogen-bond acceptors (Lipinski definition) is 6. The van der Waals surface area contributed by atoms with E-state index >= 15 is 0 Å². The third kappa shape index (κ3) is 5.01. The second-order valence-corrected chi connectivity index (χ2v) is 8.99. The van der Waals surface area contributed by atoms with Gasteiger partial charge in [-0.25, -0.2) is 17.7 Å². The largest absolute Gasteiger partial charge is 0.439 e. The molecule has 1 atom stereocenters. The number of pyridine rings is 1. The number of nitrogens with zero attached hydrogens (tertiary/aromatic N) is 4. The highest BCUT2D eigenvalue weighted by Gasteiger charge is 2.31. The van der Waals surface area contributed by atoms with Gasteiger partial charge in [0.15, 0.2) is 6.19 Å². The molecule has 0 saturated carbocycles. The monoisotopic (exact) mass is 440 g/mol. The topological polar surface area (TPSA) is 86.5 Å². The molecule has 0 bridgehead atoms. The molecule has 0 spiro atoms. The Hall–Kier alpha value is -2.84. The number of hydrogen-bond donors (Lipinski definition) is 0. The van der Waals surface area contributed by atoms with Crippen molar-refractivity contribution in [1.29, 1.82) is 5.26 Å². The van der Waals surface area contributed by atoms with Gasteiger partial charge >= 0.3 is 6.18 Å². The maximum atomic E-state index is 12.8. The lowest BCUT2D eigenvalue weighted by molar-refractivity contribution is -0.137. The van der Waals surface area contributed by atoms with E-state index < -0.39 is 21.8 Å². The first kappa shape index (κ1) is 21.9. The Morgan fingerprint density at radius 3 is 2.50 bits per heavy atom. The lowest BCUT2D eigenvalue weighted by atomic mass is 10.1. The van der Waals surface area contributed by atoms with E-state index in [1.807, 2.05) is 0 Å². The van der Waals surface area contributed by atoms with Crippen molar-refractivity contribution in [3.63, 3.8) is 0 Å². The lowest BCUT2D eigenvalue weighted by Crippen LogP contribution is -2.32. The van der Waals surface area contributed by atoms with Gasteiger partial charge in [0.05, 0.1) is 10.5 Å². The van der Waals surface area contributed by atoms with E-state index in [2.05, 4.69) is 11.2 Å². The Balaban J connectivity index is 1.65. The van der Waals surface area contributed by atoms with E-state index in [9.17, 15) is 21.6 Å². The summed E-state index contributed by atoms with van der Waals surface area (Å²) < 4.78 is 69.9. The Bertz CT molecular complexity index is 1020. The van der Waals surface area contributed by atoms with Crippen LogP contribution in [0.1, 0.15) is 12.0 Å². The molecular weight excluding hydrogens is 421 g/mol. The second kappa shape index (κ2) is 8.49. The Morgan fingerprint density at radius 2 is 1.97 bits per heavy atom. The fourth-order valence-electron chi connectivity index (χ4n) is 3.12. The van der Waals surface area contributed by atoms with E-state index in [1.165, 1.54) is 35.6 Å². The van der Waals surface area contributed by atoms with Gasteiger partial charge in [-0.3, -0.25) is 0 Å². The van der Waals surface area contributed by atoms with Crippen molar-refractivity contribution in [2.24, 2.45) is 5.92 Å². The molecule has 1 fully saturated rings. The molecule has 0 amide bonds. The van der Waals surface area contributed by atoms with Gasteiger partial charge in [-0.2, -0.15) is 18.4 Å². The molecule has 1 unspecified atom stereocenters. The van der Waals surface area contributed by atoms with Crippen LogP contribution in [0.15, 0.2) is 47.5 Å². The molecule has 0 radical (unpaired) electrons. The molecule has 0 N–H and O–H groups in total. The molecule has 0 aliphatic carbocycles. The van der Waals surface area contributed by atoms with Gasteiger partial charge in [0, 0.05) is 38.9 Å². The number of halogens is 3. The highest BCUT2D eigenvalue weighted by atomic mass is 32.2. The van der Waals surface area contributed by atoms with E-state index in [0.717, 1.165) is 18.6 Å². The minimum atomic E-state index is -4.49. The van der Waals surface area contributed by atoms with Gasteiger partial charge in [0.1, 0.15) is 5.75 Å². The van der Waals surface area contributed by atoms with E-state index in [0.29, 0.717) is 25.8 Å². The fourth-order valence-corrected chi connectivity index (χ4v) is 4.37. The Labute approximate surface area is 172 Å². The van der Waals surface area contributed by atoms with Crippen LogP contribution in [0, 0.1) is 17.4 Å². The molecule has 160 valence electrons. The molecule has 1 aliphatic heterocycles. The van der Waals surface area contributed by atoms with Crippen LogP contribution < -0.4 is 4.74 Å². The van der Waals surface area contributed by atoms with Gasteiger partial charge < -0.3 is 9.64 Å². The quantitative estimate of drug-likeness (QED) is 0.641. The summed E-state index contributed by atoms with van der Waals surface area (Å²) in [5, 5.41) is 8.91. The summed E-state index contributed by atoms with van der Waals surface area (Å²) in [7, 11) is -2.24. The van der Waals surface area contributed by atoms with Crippen molar-refractivity contribution < 1.29 is 26.3 Å². The molecule has 3 rings (SSSR count). The minimum Gasteiger partial charge on any atom is -0.439 e. The molecule has 1 aromatic carbocycles. The number of alkyl halides is 3. The molecule has 1 saturated heterocycles. The number of ether oxygens (including phenoxy) is 1. The maximum Gasteiger partial charge on any atom is 0.417 e. The second-order valence-electron chi connectivity index (χ2n) is 6.94. The van der Waals surface area contributed by atoms with E-state index in [1.54, 1.807) is 4.90 Å². The van der Waals surface area contributed by atoms with Gasteiger partial charge in [-0.05, 0) is 42.7 Å². The molecule has 2 aromatic rings. The summed E-state index contributed by atoms with van der Waals surface area (Å²) in [5.74, 6) is 0.279. The van der Waals surface area contributed by atoms with Crippen molar-refractivity contribution in [3.05, 3.63) is 48.2 Å². The van der Waals surface area contributed by atoms with Crippen LogP contribution in [0.4, 0.5) is 13.2 Å². The first-order valence-electron chi connectivity index (χ1n) is 9.02. The summed E-state index contributed by atoms with van der Waals surface area (Å²) in [5.41, 5.74) is -0.889. The van der Waals surface area contributed by atoms with Gasteiger partial charge in [0.2, 0.25) is 15.9 Å². The van der Waals surface area contributed by atoms with Crippen molar-refractivity contribution in [3.8, 4) is 17.8 Å². The van der Waals surface area contributed by atoms with Crippen LogP contribution in [0.3, 0.4) is 0 Å². The predicted octanol–water partition coefficient (Wildman–Crippen LogP) is 3.32. The van der Waals surface area contributed by atoms with Crippen molar-refractivity contribution in [1.82, 2.24) is 14.2 Å². The summed E-state index contributed by atoms with van der Waals surface area (Å²) >= 11 is 0. The average Bonchev–Trinajstić information content (AvgIpc) is 3.16. The van der Waals surface area contributed by atoms with Crippen LogP contribution in [0.2, 0.25) is 0 Å². The first-order chi connectivity index (χ1) is 14.1. The Kier molecular flexibility index (Phi) is 6.19. The number of likely N-dealkylation sites (tertiary alicyclic amines) is 1. The number of sulfonamides is 1. The molecule has 1 aromatic heterocycles. The number of benzene rings is 1. The standard InChI is InChI=1S/C19H19F3N4O3S/c1-25(11-14-8-9-26(12-14)13-23)30(27,28)17-5-3-16(4-6-17)29-18-7-2-15(10-24-18)19(20,21)22/h2-7,10,14H,8-9,11-12H2,1H3. The number of nitriles is 1. The van der Waals surface area contributed by atoms with Crippen molar-refractivity contribution >= 4 is 10.0 Å². The van der Waals surface area contributed by atoms with Crippen LogP contribution in [-0.2, 0) is 16.2 Å². The normalized spacial score (nSPS) is 17.2. The van der Waals surface area contributed by atoms with Crippen LogP contribution in [-0.4, -0.2) is 49.3 Å². The maximum absolute atomic E-state index is 12.8. The first-order valence-corrected chi connectivity index (χ1v) is 10.5. The Morgan fingerprint density at radius 1 is 1.27 bits per heavy atom. The molecule has 11 heteroatoms. The van der Waals surface area contributed by atoms with Crippen molar-refractivity contribution in [2.75, 3.05) is 26.7 Å². The number of rotatable bonds is 6. The minimum absolute atomic E-state index is 0.0426. The highest BCUT2D eigenvalue weighted by molar-refractivity contribution is 7.89. The summed E-state index contributed by atoms with van der Waals surface area (Å²) in [4.78, 5) is 5.28. The van der Waals surface area contributed by atoms with E-state index in [-0.39, 0.29) is 22.4 Å². The average molecular weight is 440 g/mol. The van der Waals surface area contributed by atoms with Gasteiger partial charge in [-0.15, -0.1) is 0 Å². The third-order valence-electron chi connectivity index (χ3n) is 4.76. The predicted molar refractivity (Wildman–Crippen MR) is 101 cm³/mol. The molecular formula is C19H19F3N4O3S. The van der Waals surface area contributed by atoms with Gasteiger partial charge in [0.25, 0.3) is 0 Å². The molecule has 1 aliphatic rings. The molecule has 2 heterocycles. The summed E-state index contributed by atoms with van der Waals surface area (Å²) in [6.07, 6.45) is -1.01. The smallest absolute Gasteiger partial charge is 0.417 e. The van der Waals surface area contributed by atoms with E-state index in [4.69, 9.17) is 10.00 Å². The van der Waals surface area contributed by atoms with Crippen LogP contribution in [0.25, 0.3) is 0 Å². The zero-order valence-corrected chi connectivity index (χ0v) is 16.8.